The number of hydrogen-bond acceptors (Lipinski definition) is 2. The van der Waals surface area contributed by atoms with Gasteiger partial charge in [0.15, 0.2) is 0 Å². The van der Waals surface area contributed by atoms with Crippen molar-refractivity contribution in [2.45, 2.75) is 46.1 Å². The van der Waals surface area contributed by atoms with Gasteiger partial charge < -0.3 is 10.5 Å². The summed E-state index contributed by atoms with van der Waals surface area (Å²) < 4.78 is 5.04. The van der Waals surface area contributed by atoms with Crippen molar-refractivity contribution in [3.8, 4) is 0 Å². The summed E-state index contributed by atoms with van der Waals surface area (Å²) in [6, 6.07) is 0.338. The summed E-state index contributed by atoms with van der Waals surface area (Å²) in [6.45, 7) is 7.53. The molecular formula is C11H25NO. The van der Waals surface area contributed by atoms with Gasteiger partial charge >= 0.3 is 0 Å². The first-order valence-corrected chi connectivity index (χ1v) is 5.36. The van der Waals surface area contributed by atoms with Crippen molar-refractivity contribution in [3.05, 3.63) is 0 Å². The van der Waals surface area contributed by atoms with Crippen LogP contribution in [0.3, 0.4) is 0 Å². The number of hydrogen-bond donors (Lipinski definition) is 1. The second-order valence-electron chi connectivity index (χ2n) is 4.17. The SMILES string of the molecule is CCC(C)CC(N)C(C)CCOC. The van der Waals surface area contributed by atoms with E-state index in [1.807, 2.05) is 0 Å². The van der Waals surface area contributed by atoms with E-state index in [-0.39, 0.29) is 0 Å². The average Bonchev–Trinajstić information content (AvgIpc) is 2.13. The van der Waals surface area contributed by atoms with E-state index >= 15 is 0 Å². The summed E-state index contributed by atoms with van der Waals surface area (Å²) in [4.78, 5) is 0. The van der Waals surface area contributed by atoms with E-state index in [0.29, 0.717) is 12.0 Å². The van der Waals surface area contributed by atoms with E-state index in [4.69, 9.17) is 10.5 Å². The molecule has 80 valence electrons. The molecule has 0 saturated carbocycles. The fraction of sp³-hybridized carbons (Fsp3) is 1.00. The van der Waals surface area contributed by atoms with Crippen LogP contribution >= 0.6 is 0 Å². The van der Waals surface area contributed by atoms with E-state index in [1.165, 1.54) is 6.42 Å². The normalized spacial score (nSPS) is 18.2. The molecule has 2 nitrogen and oxygen atoms in total. The Labute approximate surface area is 82.8 Å². The molecule has 3 unspecified atom stereocenters. The molecule has 0 rings (SSSR count). The van der Waals surface area contributed by atoms with Crippen molar-refractivity contribution in [2.75, 3.05) is 13.7 Å². The average molecular weight is 187 g/mol. The third-order valence-corrected chi connectivity index (χ3v) is 2.88. The molecule has 0 spiro atoms. The maximum Gasteiger partial charge on any atom is 0.0465 e. The fourth-order valence-electron chi connectivity index (χ4n) is 1.38. The van der Waals surface area contributed by atoms with Crippen molar-refractivity contribution >= 4 is 0 Å². The Bertz CT molecular complexity index is 117. The van der Waals surface area contributed by atoms with Crippen molar-refractivity contribution < 1.29 is 4.74 Å². The first-order valence-electron chi connectivity index (χ1n) is 5.36. The molecule has 2 heteroatoms. The van der Waals surface area contributed by atoms with Gasteiger partial charge in [-0.25, -0.2) is 0 Å². The molecule has 0 saturated heterocycles. The molecule has 0 fully saturated rings. The molecule has 3 atom stereocenters. The highest BCUT2D eigenvalue weighted by Crippen LogP contribution is 2.16. The minimum absolute atomic E-state index is 0.338. The summed E-state index contributed by atoms with van der Waals surface area (Å²) in [6.07, 6.45) is 3.44. The minimum atomic E-state index is 0.338. The van der Waals surface area contributed by atoms with Gasteiger partial charge in [-0.05, 0) is 24.7 Å². The lowest BCUT2D eigenvalue weighted by Crippen LogP contribution is -2.30. The van der Waals surface area contributed by atoms with E-state index in [1.54, 1.807) is 7.11 Å². The van der Waals surface area contributed by atoms with Crippen LogP contribution in [0.1, 0.15) is 40.0 Å². The van der Waals surface area contributed by atoms with Crippen LogP contribution in [0, 0.1) is 11.8 Å². The Morgan fingerprint density at radius 2 is 1.92 bits per heavy atom. The zero-order valence-corrected chi connectivity index (χ0v) is 9.55. The molecule has 0 aromatic heterocycles. The lowest BCUT2D eigenvalue weighted by molar-refractivity contribution is 0.171. The third kappa shape index (κ3) is 6.05. The van der Waals surface area contributed by atoms with Gasteiger partial charge in [0.05, 0.1) is 0 Å². The van der Waals surface area contributed by atoms with Gasteiger partial charge in [0, 0.05) is 19.8 Å². The second-order valence-corrected chi connectivity index (χ2v) is 4.17. The summed E-state index contributed by atoms with van der Waals surface area (Å²) in [5, 5.41) is 0. The zero-order chi connectivity index (χ0) is 10.3. The number of methoxy groups -OCH3 is 1. The number of nitrogens with two attached hydrogens (primary N) is 1. The zero-order valence-electron chi connectivity index (χ0n) is 9.55. The summed E-state index contributed by atoms with van der Waals surface area (Å²) >= 11 is 0. The molecule has 0 aliphatic carbocycles. The predicted octanol–water partition coefficient (Wildman–Crippen LogP) is 2.42. The molecule has 0 radical (unpaired) electrons. The molecule has 0 aliphatic heterocycles. The van der Waals surface area contributed by atoms with Crippen molar-refractivity contribution in [1.29, 1.82) is 0 Å². The Kier molecular flexibility index (Phi) is 7.29. The van der Waals surface area contributed by atoms with Gasteiger partial charge in [-0.3, -0.25) is 0 Å². The van der Waals surface area contributed by atoms with Crippen molar-refractivity contribution in [2.24, 2.45) is 17.6 Å². The highest BCUT2D eigenvalue weighted by atomic mass is 16.5. The van der Waals surface area contributed by atoms with Crippen molar-refractivity contribution in [3.63, 3.8) is 0 Å². The molecule has 0 aromatic rings. The highest BCUT2D eigenvalue weighted by Gasteiger charge is 2.14. The summed E-state index contributed by atoms with van der Waals surface area (Å²) in [5.74, 6) is 1.33. The molecular weight excluding hydrogens is 162 g/mol. The van der Waals surface area contributed by atoms with Gasteiger partial charge in [-0.2, -0.15) is 0 Å². The largest absolute Gasteiger partial charge is 0.385 e. The van der Waals surface area contributed by atoms with Gasteiger partial charge in [-0.1, -0.05) is 27.2 Å². The van der Waals surface area contributed by atoms with E-state index < -0.39 is 0 Å². The van der Waals surface area contributed by atoms with Crippen molar-refractivity contribution in [1.82, 2.24) is 0 Å². The van der Waals surface area contributed by atoms with Crippen LogP contribution in [0.4, 0.5) is 0 Å². The van der Waals surface area contributed by atoms with Crippen LogP contribution in [-0.4, -0.2) is 19.8 Å². The Balaban J connectivity index is 3.61. The highest BCUT2D eigenvalue weighted by molar-refractivity contribution is 4.71. The van der Waals surface area contributed by atoms with Crippen LogP contribution in [0.5, 0.6) is 0 Å². The number of rotatable bonds is 7. The fourth-order valence-corrected chi connectivity index (χ4v) is 1.38. The molecule has 0 bridgehead atoms. The van der Waals surface area contributed by atoms with Gasteiger partial charge in [-0.15, -0.1) is 0 Å². The second kappa shape index (κ2) is 7.34. The molecule has 0 aliphatic rings. The van der Waals surface area contributed by atoms with E-state index in [2.05, 4.69) is 20.8 Å². The quantitative estimate of drug-likeness (QED) is 0.664. The Morgan fingerprint density at radius 3 is 2.38 bits per heavy atom. The van der Waals surface area contributed by atoms with Crippen LogP contribution in [0.2, 0.25) is 0 Å². The monoisotopic (exact) mass is 187 g/mol. The summed E-state index contributed by atoms with van der Waals surface area (Å²) in [5.41, 5.74) is 6.08. The molecule has 0 heterocycles. The standard InChI is InChI=1S/C11H25NO/c1-5-9(2)8-11(12)10(3)6-7-13-4/h9-11H,5-8,12H2,1-4H3. The third-order valence-electron chi connectivity index (χ3n) is 2.88. The van der Waals surface area contributed by atoms with Crippen LogP contribution in [0.25, 0.3) is 0 Å². The smallest absolute Gasteiger partial charge is 0.0465 e. The van der Waals surface area contributed by atoms with E-state index in [9.17, 15) is 0 Å². The molecule has 0 aromatic carbocycles. The molecule has 2 N–H and O–H groups in total. The van der Waals surface area contributed by atoms with Crippen LogP contribution in [-0.2, 0) is 4.74 Å². The summed E-state index contributed by atoms with van der Waals surface area (Å²) in [7, 11) is 1.74. The van der Waals surface area contributed by atoms with Gasteiger partial charge in [0.2, 0.25) is 0 Å². The van der Waals surface area contributed by atoms with Crippen LogP contribution in [0.15, 0.2) is 0 Å². The maximum absolute atomic E-state index is 6.08. The predicted molar refractivity (Wildman–Crippen MR) is 57.7 cm³/mol. The maximum atomic E-state index is 6.08. The lowest BCUT2D eigenvalue weighted by atomic mass is 9.90. The van der Waals surface area contributed by atoms with Gasteiger partial charge in [0.25, 0.3) is 0 Å². The topological polar surface area (TPSA) is 35.2 Å². The first-order chi connectivity index (χ1) is 6.11. The Hall–Kier alpha value is -0.0800. The lowest BCUT2D eigenvalue weighted by Gasteiger charge is -2.22. The minimum Gasteiger partial charge on any atom is -0.385 e. The van der Waals surface area contributed by atoms with Crippen LogP contribution < -0.4 is 5.73 Å². The van der Waals surface area contributed by atoms with Gasteiger partial charge in [0.1, 0.15) is 0 Å². The first kappa shape index (κ1) is 12.9. The number of ether oxygens (including phenoxy) is 1. The molecule has 13 heavy (non-hydrogen) atoms. The van der Waals surface area contributed by atoms with E-state index in [0.717, 1.165) is 25.4 Å². The Morgan fingerprint density at radius 1 is 1.31 bits per heavy atom. The molecule has 0 amide bonds.